The number of benzene rings is 2. The summed E-state index contributed by atoms with van der Waals surface area (Å²) in [5.41, 5.74) is 7.30. The molecule has 104 valence electrons. The van der Waals surface area contributed by atoms with Crippen molar-refractivity contribution in [1.82, 2.24) is 0 Å². The lowest BCUT2D eigenvalue weighted by Gasteiger charge is -2.17. The Bertz CT molecular complexity index is 626. The first-order valence-electron chi connectivity index (χ1n) is 6.03. The Kier molecular flexibility index (Phi) is 3.98. The fraction of sp³-hybridized carbons (Fsp3) is 0.133. The summed E-state index contributed by atoms with van der Waals surface area (Å²) in [7, 11) is 1.62. The predicted octanol–water partition coefficient (Wildman–Crippen LogP) is 2.75. The Morgan fingerprint density at radius 1 is 1.10 bits per heavy atom. The molecule has 0 saturated heterocycles. The molecular formula is C15H14F2N2O. The number of nitrogens with two attached hydrogens (primary N) is 1. The van der Waals surface area contributed by atoms with E-state index in [1.807, 2.05) is 0 Å². The van der Waals surface area contributed by atoms with Gasteiger partial charge in [0.25, 0.3) is 0 Å². The standard InChI is InChI=1S/C15H14F2N2O/c1-19(12-5-3-11(18)4-6-12)15(20)9-10-2-7-13(16)14(17)8-10/h2-8H,9,18H2,1H3. The third kappa shape index (κ3) is 3.12. The molecule has 20 heavy (non-hydrogen) atoms. The molecule has 1 amide bonds. The van der Waals surface area contributed by atoms with Crippen LogP contribution in [0.25, 0.3) is 0 Å². The fourth-order valence-corrected chi connectivity index (χ4v) is 1.78. The number of hydrogen-bond acceptors (Lipinski definition) is 2. The van der Waals surface area contributed by atoms with Crippen LogP contribution in [0.5, 0.6) is 0 Å². The minimum Gasteiger partial charge on any atom is -0.399 e. The molecule has 0 fully saturated rings. The highest BCUT2D eigenvalue weighted by atomic mass is 19.2. The zero-order valence-electron chi connectivity index (χ0n) is 10.9. The van der Waals surface area contributed by atoms with E-state index < -0.39 is 11.6 Å². The molecule has 0 aromatic heterocycles. The second kappa shape index (κ2) is 5.69. The largest absolute Gasteiger partial charge is 0.399 e. The van der Waals surface area contributed by atoms with E-state index in [4.69, 9.17) is 5.73 Å². The molecule has 0 saturated carbocycles. The summed E-state index contributed by atoms with van der Waals surface area (Å²) in [6, 6.07) is 10.3. The molecule has 0 atom stereocenters. The maximum Gasteiger partial charge on any atom is 0.231 e. The van der Waals surface area contributed by atoms with Crippen molar-refractivity contribution in [2.75, 3.05) is 17.7 Å². The summed E-state index contributed by atoms with van der Waals surface area (Å²) in [6.45, 7) is 0. The van der Waals surface area contributed by atoms with Gasteiger partial charge >= 0.3 is 0 Å². The Morgan fingerprint density at radius 2 is 1.75 bits per heavy atom. The second-order valence-corrected chi connectivity index (χ2v) is 4.47. The van der Waals surface area contributed by atoms with E-state index in [0.717, 1.165) is 12.1 Å². The number of carbonyl (C=O) groups is 1. The maximum absolute atomic E-state index is 13.1. The van der Waals surface area contributed by atoms with Gasteiger partial charge in [-0.3, -0.25) is 4.79 Å². The Labute approximate surface area is 115 Å². The van der Waals surface area contributed by atoms with Crippen molar-refractivity contribution >= 4 is 17.3 Å². The number of carbonyl (C=O) groups excluding carboxylic acids is 1. The molecule has 2 rings (SSSR count). The van der Waals surface area contributed by atoms with Gasteiger partial charge in [-0.25, -0.2) is 8.78 Å². The molecule has 2 aromatic carbocycles. The number of nitrogen functional groups attached to an aromatic ring is 1. The molecule has 0 bridgehead atoms. The lowest BCUT2D eigenvalue weighted by atomic mass is 10.1. The first-order chi connectivity index (χ1) is 9.47. The SMILES string of the molecule is CN(C(=O)Cc1ccc(F)c(F)c1)c1ccc(N)cc1. The molecule has 0 heterocycles. The number of nitrogens with zero attached hydrogens (tertiary/aromatic N) is 1. The normalized spacial score (nSPS) is 10.3. The van der Waals surface area contributed by atoms with Crippen molar-refractivity contribution in [3.8, 4) is 0 Å². The van der Waals surface area contributed by atoms with Gasteiger partial charge in [0.05, 0.1) is 6.42 Å². The zero-order valence-corrected chi connectivity index (χ0v) is 10.9. The molecule has 0 radical (unpaired) electrons. The lowest BCUT2D eigenvalue weighted by molar-refractivity contribution is -0.117. The predicted molar refractivity (Wildman–Crippen MR) is 74.3 cm³/mol. The number of anilines is 2. The van der Waals surface area contributed by atoms with Gasteiger partial charge in [-0.1, -0.05) is 6.07 Å². The summed E-state index contributed by atoms with van der Waals surface area (Å²) in [5, 5.41) is 0. The third-order valence-electron chi connectivity index (χ3n) is 2.99. The van der Waals surface area contributed by atoms with Crippen LogP contribution in [0.1, 0.15) is 5.56 Å². The first-order valence-corrected chi connectivity index (χ1v) is 6.03. The van der Waals surface area contributed by atoms with Gasteiger partial charge in [-0.05, 0) is 42.0 Å². The topological polar surface area (TPSA) is 46.3 Å². The molecule has 0 spiro atoms. The van der Waals surface area contributed by atoms with Crippen LogP contribution in [-0.2, 0) is 11.2 Å². The Balaban J connectivity index is 2.11. The highest BCUT2D eigenvalue weighted by molar-refractivity contribution is 5.94. The lowest BCUT2D eigenvalue weighted by Crippen LogP contribution is -2.27. The number of amides is 1. The van der Waals surface area contributed by atoms with E-state index in [2.05, 4.69) is 0 Å². The Hall–Kier alpha value is -2.43. The highest BCUT2D eigenvalue weighted by Gasteiger charge is 2.13. The van der Waals surface area contributed by atoms with Crippen molar-refractivity contribution in [2.24, 2.45) is 0 Å². The third-order valence-corrected chi connectivity index (χ3v) is 2.99. The molecule has 0 aliphatic rings. The van der Waals surface area contributed by atoms with Crippen LogP contribution in [0.15, 0.2) is 42.5 Å². The molecule has 0 aliphatic carbocycles. The van der Waals surface area contributed by atoms with Crippen molar-refractivity contribution in [3.63, 3.8) is 0 Å². The molecule has 2 N–H and O–H groups in total. The summed E-state index contributed by atoms with van der Waals surface area (Å²) in [4.78, 5) is 13.5. The van der Waals surface area contributed by atoms with E-state index in [-0.39, 0.29) is 12.3 Å². The number of likely N-dealkylation sites (N-methyl/N-ethyl adjacent to an activating group) is 1. The summed E-state index contributed by atoms with van der Waals surface area (Å²) in [5.74, 6) is -2.10. The quantitative estimate of drug-likeness (QED) is 0.876. The van der Waals surface area contributed by atoms with Gasteiger partial charge < -0.3 is 10.6 Å². The van der Waals surface area contributed by atoms with E-state index in [1.165, 1.54) is 11.0 Å². The maximum atomic E-state index is 13.1. The number of halogens is 2. The van der Waals surface area contributed by atoms with Gasteiger partial charge in [0.1, 0.15) is 0 Å². The first kappa shape index (κ1) is 14.0. The van der Waals surface area contributed by atoms with Crippen molar-refractivity contribution < 1.29 is 13.6 Å². The van der Waals surface area contributed by atoms with Crippen LogP contribution in [0.2, 0.25) is 0 Å². The Morgan fingerprint density at radius 3 is 2.35 bits per heavy atom. The average Bonchev–Trinajstić information content (AvgIpc) is 2.43. The van der Waals surface area contributed by atoms with Crippen LogP contribution in [0, 0.1) is 11.6 Å². The number of hydrogen-bond donors (Lipinski definition) is 1. The van der Waals surface area contributed by atoms with Crippen molar-refractivity contribution in [2.45, 2.75) is 6.42 Å². The van der Waals surface area contributed by atoms with Crippen LogP contribution in [-0.4, -0.2) is 13.0 Å². The van der Waals surface area contributed by atoms with E-state index in [0.29, 0.717) is 16.9 Å². The van der Waals surface area contributed by atoms with E-state index in [9.17, 15) is 13.6 Å². The summed E-state index contributed by atoms with van der Waals surface area (Å²) >= 11 is 0. The van der Waals surface area contributed by atoms with Crippen LogP contribution >= 0.6 is 0 Å². The molecule has 3 nitrogen and oxygen atoms in total. The molecule has 0 aliphatic heterocycles. The van der Waals surface area contributed by atoms with Gasteiger partial charge in [0.2, 0.25) is 5.91 Å². The fourth-order valence-electron chi connectivity index (χ4n) is 1.78. The van der Waals surface area contributed by atoms with Crippen LogP contribution < -0.4 is 10.6 Å². The smallest absolute Gasteiger partial charge is 0.231 e. The van der Waals surface area contributed by atoms with Crippen LogP contribution in [0.3, 0.4) is 0 Å². The van der Waals surface area contributed by atoms with Crippen molar-refractivity contribution in [1.29, 1.82) is 0 Å². The summed E-state index contributed by atoms with van der Waals surface area (Å²) in [6.07, 6.45) is -0.00191. The second-order valence-electron chi connectivity index (χ2n) is 4.47. The van der Waals surface area contributed by atoms with Crippen molar-refractivity contribution in [3.05, 3.63) is 59.7 Å². The number of rotatable bonds is 3. The summed E-state index contributed by atoms with van der Waals surface area (Å²) < 4.78 is 25.9. The zero-order chi connectivity index (χ0) is 14.7. The molecular weight excluding hydrogens is 262 g/mol. The van der Waals surface area contributed by atoms with Gasteiger partial charge in [0, 0.05) is 18.4 Å². The van der Waals surface area contributed by atoms with Crippen LogP contribution in [0.4, 0.5) is 20.2 Å². The monoisotopic (exact) mass is 276 g/mol. The average molecular weight is 276 g/mol. The van der Waals surface area contributed by atoms with Gasteiger partial charge in [0.15, 0.2) is 11.6 Å². The van der Waals surface area contributed by atoms with E-state index in [1.54, 1.807) is 31.3 Å². The molecule has 5 heteroatoms. The molecule has 2 aromatic rings. The minimum absolute atomic E-state index is 0.00191. The van der Waals surface area contributed by atoms with Gasteiger partial charge in [-0.15, -0.1) is 0 Å². The highest BCUT2D eigenvalue weighted by Crippen LogP contribution is 2.17. The van der Waals surface area contributed by atoms with Gasteiger partial charge in [-0.2, -0.15) is 0 Å². The molecule has 0 unspecified atom stereocenters. The van der Waals surface area contributed by atoms with E-state index >= 15 is 0 Å². The minimum atomic E-state index is -0.953.